The van der Waals surface area contributed by atoms with Crippen LogP contribution in [0, 0.1) is 11.3 Å². The Morgan fingerprint density at radius 2 is 2.29 bits per heavy atom. The number of aryl methyl sites for hydroxylation is 2. The first-order valence-corrected chi connectivity index (χ1v) is 6.17. The van der Waals surface area contributed by atoms with Crippen molar-refractivity contribution in [1.82, 2.24) is 4.98 Å². The Hall–Kier alpha value is -1.86. The molecule has 1 heterocycles. The zero-order chi connectivity index (χ0) is 12.1. The fourth-order valence-corrected chi connectivity index (χ4v) is 2.28. The van der Waals surface area contributed by atoms with Crippen LogP contribution in [-0.2, 0) is 12.8 Å². The highest BCUT2D eigenvalue weighted by molar-refractivity contribution is 7.09. The Morgan fingerprint density at radius 1 is 1.41 bits per heavy atom. The first-order valence-electron chi connectivity index (χ1n) is 5.29. The molecule has 2 rings (SSSR count). The molecule has 2 aromatic rings. The van der Waals surface area contributed by atoms with Crippen LogP contribution in [0.1, 0.15) is 16.3 Å². The SMILES string of the molecule is COc1cccc(CCc2nc(C#N)cs2)c1. The third kappa shape index (κ3) is 3.05. The molecule has 0 saturated carbocycles. The van der Waals surface area contributed by atoms with E-state index < -0.39 is 0 Å². The average Bonchev–Trinajstić information content (AvgIpc) is 2.84. The predicted octanol–water partition coefficient (Wildman–Crippen LogP) is 2.81. The Balaban J connectivity index is 1.99. The van der Waals surface area contributed by atoms with Crippen molar-refractivity contribution in [3.05, 3.63) is 45.9 Å². The number of hydrogen-bond donors (Lipinski definition) is 0. The van der Waals surface area contributed by atoms with Crippen molar-refractivity contribution in [1.29, 1.82) is 5.26 Å². The predicted molar refractivity (Wildman–Crippen MR) is 67.2 cm³/mol. The molecule has 4 heteroatoms. The molecule has 0 aliphatic rings. The second-order valence-electron chi connectivity index (χ2n) is 3.59. The molecular weight excluding hydrogens is 232 g/mol. The van der Waals surface area contributed by atoms with E-state index in [1.807, 2.05) is 24.3 Å². The van der Waals surface area contributed by atoms with E-state index in [9.17, 15) is 0 Å². The van der Waals surface area contributed by atoms with Gasteiger partial charge in [0.1, 0.15) is 11.8 Å². The summed E-state index contributed by atoms with van der Waals surface area (Å²) in [5.41, 5.74) is 1.73. The molecule has 0 amide bonds. The molecule has 1 aromatic heterocycles. The van der Waals surface area contributed by atoms with Gasteiger partial charge >= 0.3 is 0 Å². The number of benzene rings is 1. The summed E-state index contributed by atoms with van der Waals surface area (Å²) in [5.74, 6) is 0.874. The molecule has 3 nitrogen and oxygen atoms in total. The Labute approximate surface area is 104 Å². The van der Waals surface area contributed by atoms with E-state index in [0.717, 1.165) is 23.6 Å². The molecule has 0 spiro atoms. The lowest BCUT2D eigenvalue weighted by Gasteiger charge is -2.02. The first-order chi connectivity index (χ1) is 8.31. The third-order valence-electron chi connectivity index (χ3n) is 2.43. The molecule has 86 valence electrons. The maximum absolute atomic E-state index is 8.68. The highest BCUT2D eigenvalue weighted by Gasteiger charge is 2.02. The highest BCUT2D eigenvalue weighted by Crippen LogP contribution is 2.16. The van der Waals surface area contributed by atoms with Crippen molar-refractivity contribution in [2.75, 3.05) is 7.11 Å². The van der Waals surface area contributed by atoms with E-state index in [0.29, 0.717) is 5.69 Å². The van der Waals surface area contributed by atoms with Crippen molar-refractivity contribution < 1.29 is 4.74 Å². The van der Waals surface area contributed by atoms with Crippen LogP contribution >= 0.6 is 11.3 Å². The summed E-state index contributed by atoms with van der Waals surface area (Å²) < 4.78 is 5.17. The largest absolute Gasteiger partial charge is 0.497 e. The van der Waals surface area contributed by atoms with Crippen molar-refractivity contribution in [2.45, 2.75) is 12.8 Å². The van der Waals surface area contributed by atoms with Gasteiger partial charge in [0.15, 0.2) is 5.69 Å². The Morgan fingerprint density at radius 3 is 3.00 bits per heavy atom. The van der Waals surface area contributed by atoms with Gasteiger partial charge in [0.25, 0.3) is 0 Å². The molecule has 0 saturated heterocycles. The summed E-state index contributed by atoms with van der Waals surface area (Å²) in [5, 5.41) is 11.5. The van der Waals surface area contributed by atoms with Gasteiger partial charge in [-0.25, -0.2) is 4.98 Å². The Kier molecular flexibility index (Phi) is 3.73. The van der Waals surface area contributed by atoms with Crippen molar-refractivity contribution >= 4 is 11.3 Å². The minimum absolute atomic E-state index is 0.510. The van der Waals surface area contributed by atoms with Gasteiger partial charge in [-0.05, 0) is 24.1 Å². The molecule has 1 aromatic carbocycles. The second-order valence-corrected chi connectivity index (χ2v) is 4.53. The smallest absolute Gasteiger partial charge is 0.151 e. The van der Waals surface area contributed by atoms with Crippen LogP contribution < -0.4 is 4.74 Å². The molecule has 0 bridgehead atoms. The molecule has 17 heavy (non-hydrogen) atoms. The molecule has 0 aliphatic carbocycles. The lowest BCUT2D eigenvalue weighted by molar-refractivity contribution is 0.414. The van der Waals surface area contributed by atoms with Gasteiger partial charge in [0.2, 0.25) is 0 Å². The number of hydrogen-bond acceptors (Lipinski definition) is 4. The number of rotatable bonds is 4. The number of ether oxygens (including phenoxy) is 1. The number of thiazole rings is 1. The summed E-state index contributed by atoms with van der Waals surface area (Å²) in [6.45, 7) is 0. The van der Waals surface area contributed by atoms with E-state index in [1.165, 1.54) is 16.9 Å². The topological polar surface area (TPSA) is 45.9 Å². The molecule has 0 unspecified atom stereocenters. The summed E-state index contributed by atoms with van der Waals surface area (Å²) in [6.07, 6.45) is 1.77. The van der Waals surface area contributed by atoms with Crippen LogP contribution in [0.3, 0.4) is 0 Å². The zero-order valence-corrected chi connectivity index (χ0v) is 10.3. The van der Waals surface area contributed by atoms with E-state index >= 15 is 0 Å². The standard InChI is InChI=1S/C13H12N2OS/c1-16-12-4-2-3-10(7-12)5-6-13-15-11(8-14)9-17-13/h2-4,7,9H,5-6H2,1H3. The normalized spacial score (nSPS) is 9.88. The van der Waals surface area contributed by atoms with Gasteiger partial charge < -0.3 is 4.74 Å². The fraction of sp³-hybridized carbons (Fsp3) is 0.231. The Bertz CT molecular complexity index is 542. The van der Waals surface area contributed by atoms with Crippen LogP contribution in [0.5, 0.6) is 5.75 Å². The first kappa shape index (κ1) is 11.6. The van der Waals surface area contributed by atoms with Crippen LogP contribution in [-0.4, -0.2) is 12.1 Å². The average molecular weight is 244 g/mol. The zero-order valence-electron chi connectivity index (χ0n) is 9.51. The summed E-state index contributed by atoms with van der Waals surface area (Å²) in [4.78, 5) is 4.21. The van der Waals surface area contributed by atoms with E-state index in [2.05, 4.69) is 11.1 Å². The lowest BCUT2D eigenvalue weighted by Crippen LogP contribution is -1.92. The summed E-state index contributed by atoms with van der Waals surface area (Å²) >= 11 is 1.54. The van der Waals surface area contributed by atoms with Crippen LogP contribution in [0.2, 0.25) is 0 Å². The highest BCUT2D eigenvalue weighted by atomic mass is 32.1. The van der Waals surface area contributed by atoms with Crippen LogP contribution in [0.25, 0.3) is 0 Å². The second kappa shape index (κ2) is 5.46. The number of methoxy groups -OCH3 is 1. The minimum Gasteiger partial charge on any atom is -0.497 e. The molecule has 0 aliphatic heterocycles. The molecule has 0 atom stereocenters. The molecule has 0 N–H and O–H groups in total. The van der Waals surface area contributed by atoms with Crippen LogP contribution in [0.4, 0.5) is 0 Å². The molecular formula is C13H12N2OS. The van der Waals surface area contributed by atoms with Gasteiger partial charge in [-0.15, -0.1) is 11.3 Å². The van der Waals surface area contributed by atoms with Gasteiger partial charge in [0, 0.05) is 11.8 Å². The fourth-order valence-electron chi connectivity index (χ4n) is 1.56. The summed E-state index contributed by atoms with van der Waals surface area (Å²) in [7, 11) is 1.67. The monoisotopic (exact) mass is 244 g/mol. The van der Waals surface area contributed by atoms with Crippen molar-refractivity contribution in [2.24, 2.45) is 0 Å². The maximum Gasteiger partial charge on any atom is 0.151 e. The van der Waals surface area contributed by atoms with Gasteiger partial charge in [0.05, 0.1) is 12.1 Å². The number of nitriles is 1. The van der Waals surface area contributed by atoms with E-state index in [1.54, 1.807) is 12.5 Å². The maximum atomic E-state index is 8.68. The third-order valence-corrected chi connectivity index (χ3v) is 3.34. The van der Waals surface area contributed by atoms with Crippen LogP contribution in [0.15, 0.2) is 29.6 Å². The van der Waals surface area contributed by atoms with Gasteiger partial charge in [-0.2, -0.15) is 5.26 Å². The minimum atomic E-state index is 0.510. The molecule has 0 radical (unpaired) electrons. The van der Waals surface area contributed by atoms with Gasteiger partial charge in [-0.1, -0.05) is 12.1 Å². The van der Waals surface area contributed by atoms with Crippen molar-refractivity contribution in [3.63, 3.8) is 0 Å². The summed E-state index contributed by atoms with van der Waals surface area (Å²) in [6, 6.07) is 10.1. The van der Waals surface area contributed by atoms with Crippen molar-refractivity contribution in [3.8, 4) is 11.8 Å². The van der Waals surface area contributed by atoms with E-state index in [-0.39, 0.29) is 0 Å². The lowest BCUT2D eigenvalue weighted by atomic mass is 10.1. The quantitative estimate of drug-likeness (QED) is 0.830. The number of aromatic nitrogens is 1. The molecule has 0 fully saturated rings. The number of nitrogens with zero attached hydrogens (tertiary/aromatic N) is 2. The van der Waals surface area contributed by atoms with Gasteiger partial charge in [-0.3, -0.25) is 0 Å². The van der Waals surface area contributed by atoms with E-state index in [4.69, 9.17) is 10.00 Å².